The van der Waals surface area contributed by atoms with Crippen LogP contribution in [0, 0.1) is 5.92 Å². The lowest BCUT2D eigenvalue weighted by atomic mass is 9.95. The van der Waals surface area contributed by atoms with Crippen molar-refractivity contribution < 1.29 is 23.1 Å². The van der Waals surface area contributed by atoms with Crippen molar-refractivity contribution in [2.75, 3.05) is 19.6 Å². The van der Waals surface area contributed by atoms with E-state index in [-0.39, 0.29) is 10.8 Å². The zero-order valence-corrected chi connectivity index (χ0v) is 15.4. The van der Waals surface area contributed by atoms with Gasteiger partial charge in [0.15, 0.2) is 0 Å². The minimum absolute atomic E-state index is 0.198. The molecular weight excluding hydrogens is 356 g/mol. The fourth-order valence-electron chi connectivity index (χ4n) is 3.72. The first-order valence-electron chi connectivity index (χ1n) is 9.00. The summed E-state index contributed by atoms with van der Waals surface area (Å²) < 4.78 is 27.3. The van der Waals surface area contributed by atoms with Crippen molar-refractivity contribution >= 4 is 21.9 Å². The molecule has 8 heteroatoms. The summed E-state index contributed by atoms with van der Waals surface area (Å²) in [5, 5.41) is 9.10. The van der Waals surface area contributed by atoms with Gasteiger partial charge in [-0.15, -0.1) is 0 Å². The number of carbonyl (C=O) groups excluding carboxylic acids is 1. The van der Waals surface area contributed by atoms with E-state index in [2.05, 4.69) is 0 Å². The van der Waals surface area contributed by atoms with E-state index in [1.54, 1.807) is 35.2 Å². The highest BCUT2D eigenvalue weighted by Crippen LogP contribution is 2.28. The van der Waals surface area contributed by atoms with E-state index in [0.29, 0.717) is 38.9 Å². The van der Waals surface area contributed by atoms with Crippen LogP contribution in [-0.2, 0) is 19.6 Å². The number of sulfonamides is 1. The lowest BCUT2D eigenvalue weighted by Crippen LogP contribution is -2.54. The molecule has 0 aromatic heterocycles. The van der Waals surface area contributed by atoms with Crippen molar-refractivity contribution in [3.8, 4) is 0 Å². The Balaban J connectivity index is 1.77. The number of hydrogen-bond acceptors (Lipinski definition) is 4. The Hall–Kier alpha value is -1.93. The SMILES string of the molecule is O=C(O)C1CCN(C(=O)C2CCCCN2S(=O)(=O)c2ccccc2)CC1. The highest BCUT2D eigenvalue weighted by Gasteiger charge is 2.40. The molecule has 2 aliphatic rings. The van der Waals surface area contributed by atoms with E-state index in [0.717, 1.165) is 12.8 Å². The number of piperidine rings is 2. The van der Waals surface area contributed by atoms with Gasteiger partial charge >= 0.3 is 5.97 Å². The third kappa shape index (κ3) is 3.76. The summed E-state index contributed by atoms with van der Waals surface area (Å²) in [6, 6.07) is 7.49. The third-order valence-corrected chi connectivity index (χ3v) is 7.17. The Morgan fingerprint density at radius 1 is 0.962 bits per heavy atom. The number of hydrogen-bond donors (Lipinski definition) is 1. The van der Waals surface area contributed by atoms with Gasteiger partial charge in [-0.1, -0.05) is 24.6 Å². The number of likely N-dealkylation sites (tertiary alicyclic amines) is 1. The van der Waals surface area contributed by atoms with Gasteiger partial charge in [-0.25, -0.2) is 8.42 Å². The maximum atomic E-state index is 13.0. The molecule has 0 bridgehead atoms. The molecule has 1 aromatic carbocycles. The van der Waals surface area contributed by atoms with Gasteiger partial charge in [0.2, 0.25) is 15.9 Å². The second-order valence-corrected chi connectivity index (χ2v) is 8.77. The standard InChI is InChI=1S/C18H24N2O5S/c21-17(19-12-9-14(10-13-19)18(22)23)16-8-4-5-11-20(16)26(24,25)15-6-2-1-3-7-15/h1-3,6-7,14,16H,4-5,8-13H2,(H,22,23). The van der Waals surface area contributed by atoms with Gasteiger partial charge in [0.1, 0.15) is 6.04 Å². The Morgan fingerprint density at radius 2 is 1.62 bits per heavy atom. The lowest BCUT2D eigenvalue weighted by molar-refractivity contribution is -0.146. The van der Waals surface area contributed by atoms with Crippen LogP contribution in [-0.4, -0.2) is 60.3 Å². The molecule has 2 fully saturated rings. The average molecular weight is 380 g/mol. The Morgan fingerprint density at radius 3 is 2.23 bits per heavy atom. The second-order valence-electron chi connectivity index (χ2n) is 6.88. The van der Waals surface area contributed by atoms with E-state index in [9.17, 15) is 18.0 Å². The molecule has 0 spiro atoms. The number of carboxylic acid groups (broad SMARTS) is 1. The number of rotatable bonds is 4. The zero-order valence-electron chi connectivity index (χ0n) is 14.6. The molecule has 1 amide bonds. The van der Waals surface area contributed by atoms with Crippen molar-refractivity contribution in [1.29, 1.82) is 0 Å². The van der Waals surface area contributed by atoms with Crippen molar-refractivity contribution in [1.82, 2.24) is 9.21 Å². The van der Waals surface area contributed by atoms with Crippen molar-refractivity contribution in [2.24, 2.45) is 5.92 Å². The summed E-state index contributed by atoms with van der Waals surface area (Å²) in [6.45, 7) is 1.07. The van der Waals surface area contributed by atoms with E-state index in [4.69, 9.17) is 5.11 Å². The fourth-order valence-corrected chi connectivity index (χ4v) is 5.40. The first-order chi connectivity index (χ1) is 12.4. The van der Waals surface area contributed by atoms with Gasteiger partial charge in [0, 0.05) is 19.6 Å². The molecule has 1 N–H and O–H groups in total. The quantitative estimate of drug-likeness (QED) is 0.855. The first kappa shape index (κ1) is 18.8. The smallest absolute Gasteiger partial charge is 0.306 e. The van der Waals surface area contributed by atoms with E-state index in [1.807, 2.05) is 0 Å². The minimum atomic E-state index is -3.73. The van der Waals surface area contributed by atoms with Crippen LogP contribution in [0.3, 0.4) is 0 Å². The molecule has 0 radical (unpaired) electrons. The second kappa shape index (κ2) is 7.75. The van der Waals surface area contributed by atoms with Crippen LogP contribution in [0.5, 0.6) is 0 Å². The fraction of sp³-hybridized carbons (Fsp3) is 0.556. The molecule has 2 aliphatic heterocycles. The molecule has 3 rings (SSSR count). The molecule has 1 unspecified atom stereocenters. The van der Waals surface area contributed by atoms with Crippen LogP contribution in [0.2, 0.25) is 0 Å². The number of carboxylic acids is 1. The molecule has 2 saturated heterocycles. The molecule has 142 valence electrons. The van der Waals surface area contributed by atoms with Crippen LogP contribution in [0.1, 0.15) is 32.1 Å². The lowest BCUT2D eigenvalue weighted by Gasteiger charge is -2.38. The molecule has 2 heterocycles. The first-order valence-corrected chi connectivity index (χ1v) is 10.4. The van der Waals surface area contributed by atoms with Gasteiger partial charge in [-0.2, -0.15) is 4.31 Å². The molecule has 0 saturated carbocycles. The van der Waals surface area contributed by atoms with Crippen molar-refractivity contribution in [3.63, 3.8) is 0 Å². The molecule has 1 aromatic rings. The molecule has 0 aliphatic carbocycles. The Bertz CT molecular complexity index is 757. The normalized spacial score (nSPS) is 22.9. The van der Waals surface area contributed by atoms with Gasteiger partial charge in [-0.3, -0.25) is 9.59 Å². The maximum Gasteiger partial charge on any atom is 0.306 e. The maximum absolute atomic E-state index is 13.0. The van der Waals surface area contributed by atoms with E-state index >= 15 is 0 Å². The summed E-state index contributed by atoms with van der Waals surface area (Å²) >= 11 is 0. The highest BCUT2D eigenvalue weighted by molar-refractivity contribution is 7.89. The predicted octanol–water partition coefficient (Wildman–Crippen LogP) is 1.55. The molecular formula is C18H24N2O5S. The largest absolute Gasteiger partial charge is 0.481 e. The predicted molar refractivity (Wildman–Crippen MR) is 94.9 cm³/mol. The third-order valence-electron chi connectivity index (χ3n) is 5.24. The summed E-state index contributed by atoms with van der Waals surface area (Å²) in [5.74, 6) is -1.45. The number of aliphatic carboxylic acids is 1. The molecule has 26 heavy (non-hydrogen) atoms. The number of nitrogens with zero attached hydrogens (tertiary/aromatic N) is 2. The molecule has 7 nitrogen and oxygen atoms in total. The number of amides is 1. The average Bonchev–Trinajstić information content (AvgIpc) is 2.68. The van der Waals surface area contributed by atoms with Crippen LogP contribution in [0.15, 0.2) is 35.2 Å². The Labute approximate surface area is 153 Å². The summed E-state index contributed by atoms with van der Waals surface area (Å²) in [6.07, 6.45) is 2.88. The van der Waals surface area contributed by atoms with Gasteiger partial charge in [0.05, 0.1) is 10.8 Å². The summed E-state index contributed by atoms with van der Waals surface area (Å²) in [7, 11) is -3.73. The van der Waals surface area contributed by atoms with E-state index in [1.165, 1.54) is 4.31 Å². The summed E-state index contributed by atoms with van der Waals surface area (Å²) in [5.41, 5.74) is 0. The van der Waals surface area contributed by atoms with Crippen molar-refractivity contribution in [3.05, 3.63) is 30.3 Å². The van der Waals surface area contributed by atoms with Gasteiger partial charge in [-0.05, 0) is 37.8 Å². The monoisotopic (exact) mass is 380 g/mol. The van der Waals surface area contributed by atoms with Crippen LogP contribution in [0.25, 0.3) is 0 Å². The van der Waals surface area contributed by atoms with Crippen LogP contribution < -0.4 is 0 Å². The topological polar surface area (TPSA) is 95.0 Å². The minimum Gasteiger partial charge on any atom is -0.481 e. The number of carbonyl (C=O) groups is 2. The van der Waals surface area contributed by atoms with Crippen LogP contribution >= 0.6 is 0 Å². The summed E-state index contributed by atoms with van der Waals surface area (Å²) in [4.78, 5) is 25.9. The zero-order chi connectivity index (χ0) is 18.7. The van der Waals surface area contributed by atoms with Gasteiger partial charge in [0.25, 0.3) is 0 Å². The van der Waals surface area contributed by atoms with Gasteiger partial charge < -0.3 is 10.0 Å². The number of benzene rings is 1. The molecule has 1 atom stereocenters. The van der Waals surface area contributed by atoms with E-state index < -0.39 is 28.0 Å². The Kier molecular flexibility index (Phi) is 5.62. The van der Waals surface area contributed by atoms with Crippen molar-refractivity contribution in [2.45, 2.75) is 43.0 Å². The highest BCUT2D eigenvalue weighted by atomic mass is 32.2. The van der Waals surface area contributed by atoms with Crippen LogP contribution in [0.4, 0.5) is 0 Å².